The molecule has 0 aliphatic carbocycles. The van der Waals surface area contributed by atoms with Crippen LogP contribution in [0, 0.1) is 0 Å². The maximum absolute atomic E-state index is 11.9. The third kappa shape index (κ3) is 2.22. The van der Waals surface area contributed by atoms with E-state index in [4.69, 9.17) is 0 Å². The van der Waals surface area contributed by atoms with Gasteiger partial charge in [-0.05, 0) is 18.4 Å². The summed E-state index contributed by atoms with van der Waals surface area (Å²) in [5.74, 6) is 0. The maximum atomic E-state index is 11.9. The number of aliphatic hydroxyl groups is 1. The van der Waals surface area contributed by atoms with Crippen LogP contribution < -0.4 is 0 Å². The minimum atomic E-state index is -3.32. The van der Waals surface area contributed by atoms with E-state index in [-0.39, 0.29) is 12.6 Å². The third-order valence-electron chi connectivity index (χ3n) is 4.92. The van der Waals surface area contributed by atoms with E-state index in [0.717, 1.165) is 16.8 Å². The van der Waals surface area contributed by atoms with Crippen molar-refractivity contribution in [3.63, 3.8) is 0 Å². The van der Waals surface area contributed by atoms with Crippen LogP contribution in [0.5, 0.6) is 0 Å². The molecule has 0 amide bonds. The van der Waals surface area contributed by atoms with Crippen LogP contribution in [-0.2, 0) is 10.0 Å². The summed E-state index contributed by atoms with van der Waals surface area (Å²) in [4.78, 5) is 4.21. The third-order valence-corrected chi connectivity index (χ3v) is 6.17. The van der Waals surface area contributed by atoms with Gasteiger partial charge < -0.3 is 9.67 Å². The van der Waals surface area contributed by atoms with Gasteiger partial charge in [0.25, 0.3) is 0 Å². The van der Waals surface area contributed by atoms with Crippen molar-refractivity contribution >= 4 is 10.0 Å². The Hall–Kier alpha value is -1.70. The molecule has 0 spiro atoms. The first-order valence-electron chi connectivity index (χ1n) is 7.69. The molecule has 122 valence electrons. The van der Waals surface area contributed by atoms with Crippen LogP contribution in [0.15, 0.2) is 36.8 Å². The molecule has 2 aliphatic rings. The fourth-order valence-electron chi connectivity index (χ4n) is 3.92. The Morgan fingerprint density at radius 1 is 1.35 bits per heavy atom. The van der Waals surface area contributed by atoms with Gasteiger partial charge in [-0.25, -0.2) is 13.4 Å². The first-order valence-corrected chi connectivity index (χ1v) is 9.54. The highest BCUT2D eigenvalue weighted by atomic mass is 32.2. The molecule has 2 atom stereocenters. The van der Waals surface area contributed by atoms with Crippen LogP contribution >= 0.6 is 0 Å². The number of fused-ring (bicyclic) bond motifs is 3. The van der Waals surface area contributed by atoms with Crippen molar-refractivity contribution in [1.82, 2.24) is 13.9 Å². The van der Waals surface area contributed by atoms with Crippen molar-refractivity contribution in [3.8, 4) is 11.3 Å². The lowest BCUT2D eigenvalue weighted by Gasteiger charge is -2.42. The van der Waals surface area contributed by atoms with Gasteiger partial charge in [0.15, 0.2) is 0 Å². The summed E-state index contributed by atoms with van der Waals surface area (Å²) < 4.78 is 27.2. The number of imidazole rings is 1. The monoisotopic (exact) mass is 333 g/mol. The van der Waals surface area contributed by atoms with Crippen LogP contribution in [-0.4, -0.2) is 52.3 Å². The fraction of sp³-hybridized carbons (Fsp3) is 0.438. The van der Waals surface area contributed by atoms with Gasteiger partial charge in [-0.1, -0.05) is 24.3 Å². The predicted octanol–water partition coefficient (Wildman–Crippen LogP) is 1.24. The number of β-amino-alcohol motifs (C(OH)–C–C–N with tert-alkyl or cyclic N) is 1. The van der Waals surface area contributed by atoms with E-state index in [0.29, 0.717) is 19.4 Å². The van der Waals surface area contributed by atoms with Crippen LogP contribution in [0.4, 0.5) is 0 Å². The van der Waals surface area contributed by atoms with E-state index in [9.17, 15) is 13.5 Å². The number of nitrogens with zero attached hydrogens (tertiary/aromatic N) is 3. The average molecular weight is 333 g/mol. The Kier molecular flexibility index (Phi) is 3.16. The van der Waals surface area contributed by atoms with Gasteiger partial charge in [0.05, 0.1) is 30.5 Å². The highest BCUT2D eigenvalue weighted by Crippen LogP contribution is 2.47. The summed E-state index contributed by atoms with van der Waals surface area (Å²) in [7, 11) is -3.32. The molecule has 0 unspecified atom stereocenters. The number of benzene rings is 1. The molecule has 2 aliphatic heterocycles. The summed E-state index contributed by atoms with van der Waals surface area (Å²) in [5.41, 5.74) is 1.92. The molecular weight excluding hydrogens is 314 g/mol. The molecule has 0 saturated carbocycles. The molecule has 0 radical (unpaired) electrons. The van der Waals surface area contributed by atoms with Crippen molar-refractivity contribution < 1.29 is 13.5 Å². The Labute approximate surface area is 135 Å². The molecule has 1 fully saturated rings. The van der Waals surface area contributed by atoms with E-state index in [1.54, 1.807) is 12.5 Å². The van der Waals surface area contributed by atoms with Crippen LogP contribution in [0.1, 0.15) is 24.4 Å². The second-order valence-corrected chi connectivity index (χ2v) is 8.46. The largest absolute Gasteiger partial charge is 0.386 e. The first-order chi connectivity index (χ1) is 10.9. The number of rotatable bonds is 2. The fourth-order valence-corrected chi connectivity index (χ4v) is 4.84. The molecule has 0 bridgehead atoms. The van der Waals surface area contributed by atoms with E-state index in [2.05, 4.69) is 4.98 Å². The minimum Gasteiger partial charge on any atom is -0.386 e. The first kappa shape index (κ1) is 14.9. The Bertz CT molecular complexity index is 861. The van der Waals surface area contributed by atoms with E-state index in [1.807, 2.05) is 28.8 Å². The van der Waals surface area contributed by atoms with Gasteiger partial charge in [0.2, 0.25) is 10.0 Å². The average Bonchev–Trinajstić information content (AvgIpc) is 3.06. The topological polar surface area (TPSA) is 75.4 Å². The molecule has 1 saturated heterocycles. The standard InChI is InChI=1S/C16H19N3O3S/c1-23(21,22)18-8-4-7-16(20,10-18)15-13-6-3-2-5-12(13)14-9-17-11-19(14)15/h2-3,5-6,9,11,15,20H,4,7-8,10H2,1H3/t15-,16+/m0/s1. The Morgan fingerprint density at radius 3 is 2.91 bits per heavy atom. The van der Waals surface area contributed by atoms with Crippen molar-refractivity contribution in [2.24, 2.45) is 0 Å². The summed E-state index contributed by atoms with van der Waals surface area (Å²) >= 11 is 0. The summed E-state index contributed by atoms with van der Waals surface area (Å²) in [6.07, 6.45) is 5.92. The molecule has 7 heteroatoms. The quantitative estimate of drug-likeness (QED) is 0.897. The zero-order valence-electron chi connectivity index (χ0n) is 12.9. The lowest BCUT2D eigenvalue weighted by molar-refractivity contribution is -0.0372. The second-order valence-electron chi connectivity index (χ2n) is 6.48. The van der Waals surface area contributed by atoms with Gasteiger partial charge in [0.1, 0.15) is 5.60 Å². The van der Waals surface area contributed by atoms with Crippen LogP contribution in [0.2, 0.25) is 0 Å². The van der Waals surface area contributed by atoms with Crippen molar-refractivity contribution in [3.05, 3.63) is 42.4 Å². The SMILES string of the molecule is CS(=O)(=O)N1CCC[C@](O)([C@@H]2c3ccccc3-c3cncn32)C1. The molecule has 1 aromatic heterocycles. The van der Waals surface area contributed by atoms with Crippen molar-refractivity contribution in [1.29, 1.82) is 0 Å². The molecule has 23 heavy (non-hydrogen) atoms. The summed E-state index contributed by atoms with van der Waals surface area (Å²) in [6, 6.07) is 7.63. The smallest absolute Gasteiger partial charge is 0.211 e. The molecular formula is C16H19N3O3S. The molecule has 6 nitrogen and oxygen atoms in total. The second kappa shape index (κ2) is 4.90. The van der Waals surface area contributed by atoms with Crippen molar-refractivity contribution in [2.45, 2.75) is 24.5 Å². The van der Waals surface area contributed by atoms with Gasteiger partial charge in [-0.15, -0.1) is 0 Å². The van der Waals surface area contributed by atoms with E-state index >= 15 is 0 Å². The Balaban J connectivity index is 1.81. The summed E-state index contributed by atoms with van der Waals surface area (Å²) in [6.45, 7) is 0.578. The molecule has 1 N–H and O–H groups in total. The van der Waals surface area contributed by atoms with E-state index < -0.39 is 15.6 Å². The van der Waals surface area contributed by atoms with Crippen LogP contribution in [0.25, 0.3) is 11.3 Å². The normalized spacial score (nSPS) is 27.7. The zero-order chi connectivity index (χ0) is 16.2. The highest BCUT2D eigenvalue weighted by Gasteiger charge is 2.47. The number of aromatic nitrogens is 2. The predicted molar refractivity (Wildman–Crippen MR) is 86.4 cm³/mol. The minimum absolute atomic E-state index is 0.114. The Morgan fingerprint density at radius 2 is 2.13 bits per heavy atom. The number of hydrogen-bond donors (Lipinski definition) is 1. The molecule has 1 aromatic carbocycles. The zero-order valence-corrected chi connectivity index (χ0v) is 13.7. The van der Waals surface area contributed by atoms with E-state index in [1.165, 1.54) is 10.6 Å². The lowest BCUT2D eigenvalue weighted by atomic mass is 9.82. The molecule has 2 aromatic rings. The highest BCUT2D eigenvalue weighted by molar-refractivity contribution is 7.88. The lowest BCUT2D eigenvalue weighted by Crippen LogP contribution is -2.54. The van der Waals surface area contributed by atoms with Gasteiger partial charge in [-0.3, -0.25) is 0 Å². The van der Waals surface area contributed by atoms with Crippen LogP contribution in [0.3, 0.4) is 0 Å². The van der Waals surface area contributed by atoms with Crippen molar-refractivity contribution in [2.75, 3.05) is 19.3 Å². The summed E-state index contributed by atoms with van der Waals surface area (Å²) in [5, 5.41) is 11.4. The van der Waals surface area contributed by atoms with Gasteiger partial charge in [-0.2, -0.15) is 4.31 Å². The molecule has 4 rings (SSSR count). The van der Waals surface area contributed by atoms with Gasteiger partial charge in [0, 0.05) is 18.7 Å². The number of piperidine rings is 1. The number of hydrogen-bond acceptors (Lipinski definition) is 4. The maximum Gasteiger partial charge on any atom is 0.211 e. The molecule has 3 heterocycles. The number of sulfonamides is 1. The van der Waals surface area contributed by atoms with Gasteiger partial charge >= 0.3 is 0 Å².